The first-order valence-corrected chi connectivity index (χ1v) is 15.6. The van der Waals surface area contributed by atoms with E-state index < -0.39 is 0 Å². The van der Waals surface area contributed by atoms with E-state index in [9.17, 15) is 5.26 Å². The van der Waals surface area contributed by atoms with E-state index in [1.54, 1.807) is 0 Å². The molecule has 0 N–H and O–H groups in total. The van der Waals surface area contributed by atoms with Gasteiger partial charge in [0.05, 0.1) is 11.4 Å². The summed E-state index contributed by atoms with van der Waals surface area (Å²) in [6, 6.07) is 54.5. The molecular weight excluding hydrogens is 567 g/mol. The first kappa shape index (κ1) is 26.7. The van der Waals surface area contributed by atoms with Crippen LogP contribution in [0.4, 0.5) is 0 Å². The molecule has 2 heterocycles. The van der Waals surface area contributed by atoms with E-state index in [0.29, 0.717) is 22.8 Å². The number of rotatable bonds is 5. The molecule has 0 fully saturated rings. The monoisotopic (exact) mass is 591 g/mol. The SMILES string of the molecule is N#Cc1c(-c2ccccc2)nc(-c2ccccc2)nc1-c1ccc(-c2cccc(-c3cccc4c3sc3ccccc34)c2)cc1. The lowest BCUT2D eigenvalue weighted by Gasteiger charge is -2.13. The van der Waals surface area contributed by atoms with Crippen LogP contribution >= 0.6 is 11.3 Å². The molecule has 0 amide bonds. The van der Waals surface area contributed by atoms with Crippen LogP contribution in [0.2, 0.25) is 0 Å². The molecule has 210 valence electrons. The van der Waals surface area contributed by atoms with E-state index in [-0.39, 0.29) is 0 Å². The average Bonchev–Trinajstić information content (AvgIpc) is 3.51. The van der Waals surface area contributed by atoms with Crippen LogP contribution in [0.3, 0.4) is 0 Å². The van der Waals surface area contributed by atoms with Crippen molar-refractivity contribution in [2.24, 2.45) is 0 Å². The Labute approximate surface area is 265 Å². The molecule has 0 spiro atoms. The van der Waals surface area contributed by atoms with Crippen molar-refractivity contribution in [2.75, 3.05) is 0 Å². The summed E-state index contributed by atoms with van der Waals surface area (Å²) in [6.07, 6.45) is 0. The largest absolute Gasteiger partial charge is 0.227 e. The van der Waals surface area contributed by atoms with Gasteiger partial charge in [-0.2, -0.15) is 5.26 Å². The Morgan fingerprint density at radius 2 is 1.02 bits per heavy atom. The quantitative estimate of drug-likeness (QED) is 0.200. The van der Waals surface area contributed by atoms with E-state index in [1.807, 2.05) is 72.0 Å². The molecular formula is C41H25N3S. The van der Waals surface area contributed by atoms with Crippen molar-refractivity contribution in [1.82, 2.24) is 9.97 Å². The minimum atomic E-state index is 0.465. The standard InChI is InChI=1S/C41H25N3S/c42-26-36-38(28-11-3-1-4-12-28)43-41(30-13-5-2-6-14-30)44-39(36)29-23-21-27(22-24-29)31-15-9-16-32(25-31)33-18-10-19-35-34-17-7-8-20-37(34)45-40(33)35/h1-25H. The second-order valence-electron chi connectivity index (χ2n) is 10.9. The molecule has 0 aliphatic carbocycles. The van der Waals surface area contributed by atoms with Crippen LogP contribution < -0.4 is 0 Å². The first-order valence-electron chi connectivity index (χ1n) is 14.8. The first-order chi connectivity index (χ1) is 22.3. The van der Waals surface area contributed by atoms with Crippen molar-refractivity contribution < 1.29 is 0 Å². The van der Waals surface area contributed by atoms with E-state index in [0.717, 1.165) is 27.8 Å². The number of fused-ring (bicyclic) bond motifs is 3. The third-order valence-corrected chi connectivity index (χ3v) is 9.39. The molecule has 0 atom stereocenters. The van der Waals surface area contributed by atoms with Crippen LogP contribution in [-0.2, 0) is 0 Å². The van der Waals surface area contributed by atoms with Gasteiger partial charge in [0.15, 0.2) is 5.82 Å². The van der Waals surface area contributed by atoms with Gasteiger partial charge in [-0.15, -0.1) is 11.3 Å². The highest BCUT2D eigenvalue weighted by molar-refractivity contribution is 7.26. The van der Waals surface area contributed by atoms with Crippen LogP contribution in [0.15, 0.2) is 152 Å². The van der Waals surface area contributed by atoms with Crippen molar-refractivity contribution in [3.8, 4) is 62.2 Å². The van der Waals surface area contributed by atoms with Gasteiger partial charge >= 0.3 is 0 Å². The van der Waals surface area contributed by atoms with Crippen LogP contribution in [0, 0.1) is 11.3 Å². The highest BCUT2D eigenvalue weighted by atomic mass is 32.1. The fourth-order valence-corrected chi connectivity index (χ4v) is 7.20. The third kappa shape index (κ3) is 4.86. The van der Waals surface area contributed by atoms with Crippen LogP contribution in [-0.4, -0.2) is 9.97 Å². The van der Waals surface area contributed by atoms with Gasteiger partial charge in [0.1, 0.15) is 11.6 Å². The second-order valence-corrected chi connectivity index (χ2v) is 12.0. The lowest BCUT2D eigenvalue weighted by molar-refractivity contribution is 1.17. The summed E-state index contributed by atoms with van der Waals surface area (Å²) in [7, 11) is 0. The lowest BCUT2D eigenvalue weighted by Crippen LogP contribution is -2.01. The molecule has 0 saturated heterocycles. The summed E-state index contributed by atoms with van der Waals surface area (Å²) < 4.78 is 2.61. The van der Waals surface area contributed by atoms with Crippen molar-refractivity contribution in [2.45, 2.75) is 0 Å². The minimum absolute atomic E-state index is 0.465. The average molecular weight is 592 g/mol. The van der Waals surface area contributed by atoms with Gasteiger partial charge in [-0.3, -0.25) is 0 Å². The molecule has 4 heteroatoms. The number of aromatic nitrogens is 2. The van der Waals surface area contributed by atoms with E-state index in [4.69, 9.17) is 9.97 Å². The Balaban J connectivity index is 1.21. The molecule has 0 aliphatic rings. The Bertz CT molecular complexity index is 2370. The highest BCUT2D eigenvalue weighted by Crippen LogP contribution is 2.41. The fraction of sp³-hybridized carbons (Fsp3) is 0. The Hall–Kier alpha value is -5.89. The zero-order chi connectivity index (χ0) is 30.2. The molecule has 8 aromatic rings. The molecule has 0 radical (unpaired) electrons. The van der Waals surface area contributed by atoms with Gasteiger partial charge < -0.3 is 0 Å². The summed E-state index contributed by atoms with van der Waals surface area (Å²) >= 11 is 1.85. The summed E-state index contributed by atoms with van der Waals surface area (Å²) in [4.78, 5) is 9.82. The number of benzene rings is 6. The molecule has 0 saturated carbocycles. The second kappa shape index (κ2) is 11.3. The smallest absolute Gasteiger partial charge is 0.160 e. The van der Waals surface area contributed by atoms with E-state index >= 15 is 0 Å². The molecule has 45 heavy (non-hydrogen) atoms. The Morgan fingerprint density at radius 1 is 0.467 bits per heavy atom. The number of nitriles is 1. The van der Waals surface area contributed by atoms with Crippen molar-refractivity contribution in [3.63, 3.8) is 0 Å². The van der Waals surface area contributed by atoms with Crippen LogP contribution in [0.25, 0.3) is 76.3 Å². The summed E-state index contributed by atoms with van der Waals surface area (Å²) in [5.41, 5.74) is 9.06. The fourth-order valence-electron chi connectivity index (χ4n) is 5.96. The van der Waals surface area contributed by atoms with Gasteiger partial charge in [-0.05, 0) is 34.4 Å². The highest BCUT2D eigenvalue weighted by Gasteiger charge is 2.18. The maximum atomic E-state index is 10.3. The van der Waals surface area contributed by atoms with Gasteiger partial charge in [0.2, 0.25) is 0 Å². The van der Waals surface area contributed by atoms with Crippen molar-refractivity contribution in [1.29, 1.82) is 5.26 Å². The summed E-state index contributed by atoms with van der Waals surface area (Å²) in [5, 5.41) is 12.9. The number of thiophene rings is 1. The van der Waals surface area contributed by atoms with Crippen molar-refractivity contribution in [3.05, 3.63) is 157 Å². The van der Waals surface area contributed by atoms with Gasteiger partial charge in [-0.25, -0.2) is 9.97 Å². The Morgan fingerprint density at radius 3 is 1.76 bits per heavy atom. The molecule has 0 aliphatic heterocycles. The number of nitrogens with zero attached hydrogens (tertiary/aromatic N) is 3. The summed E-state index contributed by atoms with van der Waals surface area (Å²) in [5.74, 6) is 0.593. The maximum absolute atomic E-state index is 10.3. The van der Waals surface area contributed by atoms with Gasteiger partial charge in [-0.1, -0.05) is 140 Å². The van der Waals surface area contributed by atoms with Gasteiger partial charge in [0.25, 0.3) is 0 Å². The van der Waals surface area contributed by atoms with Crippen molar-refractivity contribution >= 4 is 31.5 Å². The Kier molecular flexibility index (Phi) is 6.72. The van der Waals surface area contributed by atoms with Gasteiger partial charge in [0, 0.05) is 36.9 Å². The number of hydrogen-bond acceptors (Lipinski definition) is 4. The zero-order valence-corrected chi connectivity index (χ0v) is 25.0. The third-order valence-electron chi connectivity index (χ3n) is 8.17. The summed E-state index contributed by atoms with van der Waals surface area (Å²) in [6.45, 7) is 0. The molecule has 0 bridgehead atoms. The van der Waals surface area contributed by atoms with Crippen LogP contribution in [0.1, 0.15) is 5.56 Å². The molecule has 8 rings (SSSR count). The maximum Gasteiger partial charge on any atom is 0.160 e. The predicted octanol–water partition coefficient (Wildman–Crippen LogP) is 11.1. The molecule has 6 aromatic carbocycles. The molecule has 0 unspecified atom stereocenters. The topological polar surface area (TPSA) is 49.6 Å². The van der Waals surface area contributed by atoms with E-state index in [1.165, 1.54) is 31.3 Å². The number of hydrogen-bond donors (Lipinski definition) is 0. The lowest BCUT2D eigenvalue weighted by atomic mass is 9.96. The normalized spacial score (nSPS) is 11.1. The van der Waals surface area contributed by atoms with Crippen LogP contribution in [0.5, 0.6) is 0 Å². The predicted molar refractivity (Wildman–Crippen MR) is 187 cm³/mol. The molecule has 3 nitrogen and oxygen atoms in total. The molecule has 2 aromatic heterocycles. The zero-order valence-electron chi connectivity index (χ0n) is 24.2. The van der Waals surface area contributed by atoms with E-state index in [2.05, 4.69) is 97.1 Å². The minimum Gasteiger partial charge on any atom is -0.227 e.